The van der Waals surface area contributed by atoms with Gasteiger partial charge in [-0.05, 0) is 18.2 Å². The molecule has 0 radical (unpaired) electrons. The molecule has 0 bridgehead atoms. The highest BCUT2D eigenvalue weighted by molar-refractivity contribution is 9.10. The van der Waals surface area contributed by atoms with Crippen molar-refractivity contribution >= 4 is 15.9 Å². The highest BCUT2D eigenvalue weighted by Gasteiger charge is 2.04. The van der Waals surface area contributed by atoms with Gasteiger partial charge in [-0.3, -0.25) is 4.98 Å². The molecule has 0 aliphatic heterocycles. The van der Waals surface area contributed by atoms with Gasteiger partial charge < -0.3 is 10.5 Å². The van der Waals surface area contributed by atoms with E-state index in [1.165, 1.54) is 12.1 Å². The summed E-state index contributed by atoms with van der Waals surface area (Å²) in [5, 5.41) is 0. The van der Waals surface area contributed by atoms with Gasteiger partial charge in [0.25, 0.3) is 0 Å². The first-order chi connectivity index (χ1) is 8.69. The maximum Gasteiger partial charge on any atom is 0.128 e. The summed E-state index contributed by atoms with van der Waals surface area (Å²) in [4.78, 5) is 4.16. The molecule has 5 heteroatoms. The number of rotatable bonds is 4. The summed E-state index contributed by atoms with van der Waals surface area (Å²) in [7, 11) is 0. The SMILES string of the molecule is NCc1ncccc1COc1cc(F)cc(Br)c1. The Balaban J connectivity index is 2.11. The lowest BCUT2D eigenvalue weighted by Gasteiger charge is -2.09. The van der Waals surface area contributed by atoms with E-state index in [-0.39, 0.29) is 5.82 Å². The zero-order chi connectivity index (χ0) is 13.0. The second-order valence-corrected chi connectivity index (χ2v) is 4.62. The minimum atomic E-state index is -0.343. The quantitative estimate of drug-likeness (QED) is 0.944. The summed E-state index contributed by atoms with van der Waals surface area (Å²) in [5.41, 5.74) is 7.27. The standard InChI is InChI=1S/C13H12BrFN2O/c14-10-4-11(15)6-12(5-10)18-8-9-2-1-3-17-13(9)7-16/h1-6H,7-8,16H2. The molecule has 0 atom stereocenters. The van der Waals surface area contributed by atoms with Gasteiger partial charge in [0.2, 0.25) is 0 Å². The Labute approximate surface area is 113 Å². The predicted molar refractivity (Wildman–Crippen MR) is 70.6 cm³/mol. The number of hydrogen-bond donors (Lipinski definition) is 1. The van der Waals surface area contributed by atoms with Crippen molar-refractivity contribution in [1.29, 1.82) is 0 Å². The van der Waals surface area contributed by atoms with E-state index in [0.717, 1.165) is 11.3 Å². The fraction of sp³-hybridized carbons (Fsp3) is 0.154. The Kier molecular flexibility index (Phi) is 4.28. The van der Waals surface area contributed by atoms with Gasteiger partial charge in [-0.15, -0.1) is 0 Å². The minimum Gasteiger partial charge on any atom is -0.489 e. The molecule has 0 aliphatic carbocycles. The molecule has 0 unspecified atom stereocenters. The highest BCUT2D eigenvalue weighted by atomic mass is 79.9. The molecule has 3 nitrogen and oxygen atoms in total. The fourth-order valence-corrected chi connectivity index (χ4v) is 2.00. The van der Waals surface area contributed by atoms with Crippen LogP contribution in [0.4, 0.5) is 4.39 Å². The average molecular weight is 311 g/mol. The van der Waals surface area contributed by atoms with Crippen molar-refractivity contribution in [3.05, 3.63) is 58.1 Å². The second-order valence-electron chi connectivity index (χ2n) is 3.71. The average Bonchev–Trinajstić information content (AvgIpc) is 2.35. The number of ether oxygens (including phenoxy) is 1. The monoisotopic (exact) mass is 310 g/mol. The predicted octanol–water partition coefficient (Wildman–Crippen LogP) is 3.02. The number of aromatic nitrogens is 1. The van der Waals surface area contributed by atoms with Crippen LogP contribution < -0.4 is 10.5 Å². The molecule has 2 N–H and O–H groups in total. The van der Waals surface area contributed by atoms with Crippen molar-refractivity contribution in [3.63, 3.8) is 0 Å². The first-order valence-corrected chi connectivity index (χ1v) is 6.20. The van der Waals surface area contributed by atoms with Gasteiger partial charge in [0, 0.05) is 28.8 Å². The van der Waals surface area contributed by atoms with Gasteiger partial charge in [0.15, 0.2) is 0 Å². The van der Waals surface area contributed by atoms with Crippen molar-refractivity contribution in [2.24, 2.45) is 5.73 Å². The van der Waals surface area contributed by atoms with E-state index < -0.39 is 0 Å². The Bertz CT molecular complexity index is 528. The van der Waals surface area contributed by atoms with Gasteiger partial charge >= 0.3 is 0 Å². The summed E-state index contributed by atoms with van der Waals surface area (Å²) in [6.07, 6.45) is 1.68. The van der Waals surface area contributed by atoms with Gasteiger partial charge in [0.1, 0.15) is 18.2 Å². The second kappa shape index (κ2) is 5.93. The van der Waals surface area contributed by atoms with Gasteiger partial charge in [0.05, 0.1) is 5.69 Å². The lowest BCUT2D eigenvalue weighted by molar-refractivity contribution is 0.302. The van der Waals surface area contributed by atoms with Crippen LogP contribution in [-0.4, -0.2) is 4.98 Å². The lowest BCUT2D eigenvalue weighted by atomic mass is 10.2. The van der Waals surface area contributed by atoms with Crippen LogP contribution in [0.1, 0.15) is 11.3 Å². The lowest BCUT2D eigenvalue weighted by Crippen LogP contribution is -2.06. The van der Waals surface area contributed by atoms with Gasteiger partial charge in [-0.2, -0.15) is 0 Å². The van der Waals surface area contributed by atoms with Crippen LogP contribution in [0.3, 0.4) is 0 Å². The molecule has 0 spiro atoms. The number of pyridine rings is 1. The maximum atomic E-state index is 13.2. The normalized spacial score (nSPS) is 10.4. The molecular formula is C13H12BrFN2O. The molecule has 18 heavy (non-hydrogen) atoms. The van der Waals surface area contributed by atoms with Crippen LogP contribution in [0.5, 0.6) is 5.75 Å². The molecular weight excluding hydrogens is 299 g/mol. The van der Waals surface area contributed by atoms with Crippen LogP contribution in [0, 0.1) is 5.82 Å². The van der Waals surface area contributed by atoms with Crippen molar-refractivity contribution in [3.8, 4) is 5.75 Å². The summed E-state index contributed by atoms with van der Waals surface area (Å²) in [5.74, 6) is 0.123. The molecule has 2 rings (SSSR count). The fourth-order valence-electron chi connectivity index (χ4n) is 1.56. The van der Waals surface area contributed by atoms with Crippen LogP contribution in [0.25, 0.3) is 0 Å². The Morgan fingerprint density at radius 1 is 1.33 bits per heavy atom. The number of nitrogens with zero attached hydrogens (tertiary/aromatic N) is 1. The molecule has 1 aromatic carbocycles. The summed E-state index contributed by atoms with van der Waals surface area (Å²) >= 11 is 3.21. The number of halogens is 2. The summed E-state index contributed by atoms with van der Waals surface area (Å²) in [6, 6.07) is 8.13. The van der Waals surface area contributed by atoms with Crippen molar-refractivity contribution in [1.82, 2.24) is 4.98 Å². The third-order valence-corrected chi connectivity index (χ3v) is 2.87. The van der Waals surface area contributed by atoms with Crippen molar-refractivity contribution in [2.45, 2.75) is 13.2 Å². The maximum absolute atomic E-state index is 13.2. The molecule has 94 valence electrons. The van der Waals surface area contributed by atoms with Crippen LogP contribution >= 0.6 is 15.9 Å². The zero-order valence-corrected chi connectivity index (χ0v) is 11.2. The number of hydrogen-bond acceptors (Lipinski definition) is 3. The minimum absolute atomic E-state index is 0.316. The summed E-state index contributed by atoms with van der Waals surface area (Å²) in [6.45, 7) is 0.669. The smallest absolute Gasteiger partial charge is 0.128 e. The zero-order valence-electron chi connectivity index (χ0n) is 9.57. The van der Waals surface area contributed by atoms with E-state index in [9.17, 15) is 4.39 Å². The topological polar surface area (TPSA) is 48.1 Å². The highest BCUT2D eigenvalue weighted by Crippen LogP contribution is 2.21. The Morgan fingerprint density at radius 3 is 2.89 bits per heavy atom. The molecule has 0 amide bonds. The van der Waals surface area contributed by atoms with E-state index in [2.05, 4.69) is 20.9 Å². The van der Waals surface area contributed by atoms with E-state index in [4.69, 9.17) is 10.5 Å². The first-order valence-electron chi connectivity index (χ1n) is 5.41. The summed E-state index contributed by atoms with van der Waals surface area (Å²) < 4.78 is 19.3. The molecule has 0 aliphatic rings. The molecule has 1 aromatic heterocycles. The molecule has 0 fully saturated rings. The van der Waals surface area contributed by atoms with E-state index in [1.54, 1.807) is 12.3 Å². The Hall–Kier alpha value is -1.46. The molecule has 0 saturated heterocycles. The van der Waals surface area contributed by atoms with E-state index >= 15 is 0 Å². The number of benzene rings is 1. The largest absolute Gasteiger partial charge is 0.489 e. The van der Waals surface area contributed by atoms with E-state index in [0.29, 0.717) is 23.4 Å². The third kappa shape index (κ3) is 3.27. The van der Waals surface area contributed by atoms with Crippen LogP contribution in [0.2, 0.25) is 0 Å². The third-order valence-electron chi connectivity index (χ3n) is 2.41. The Morgan fingerprint density at radius 2 is 2.17 bits per heavy atom. The van der Waals surface area contributed by atoms with Gasteiger partial charge in [-0.1, -0.05) is 22.0 Å². The van der Waals surface area contributed by atoms with Crippen LogP contribution in [0.15, 0.2) is 41.0 Å². The van der Waals surface area contributed by atoms with E-state index in [1.807, 2.05) is 12.1 Å². The molecule has 1 heterocycles. The molecule has 2 aromatic rings. The molecule has 0 saturated carbocycles. The van der Waals surface area contributed by atoms with Crippen molar-refractivity contribution in [2.75, 3.05) is 0 Å². The van der Waals surface area contributed by atoms with Crippen molar-refractivity contribution < 1.29 is 9.13 Å². The first kappa shape index (κ1) is 13.0. The van der Waals surface area contributed by atoms with Crippen LogP contribution in [-0.2, 0) is 13.2 Å². The van der Waals surface area contributed by atoms with Gasteiger partial charge in [-0.25, -0.2) is 4.39 Å². The number of nitrogens with two attached hydrogens (primary N) is 1.